The third-order valence-electron chi connectivity index (χ3n) is 3.50. The van der Waals surface area contributed by atoms with Crippen molar-refractivity contribution in [3.05, 3.63) is 82.5 Å². The average Bonchev–Trinajstić information content (AvgIpc) is 2.55. The van der Waals surface area contributed by atoms with Gasteiger partial charge in [0.25, 0.3) is 5.69 Å². The number of hydrogen-bond acceptors (Lipinski definition) is 3. The molecule has 0 amide bonds. The Hall–Kier alpha value is -2.60. The van der Waals surface area contributed by atoms with E-state index in [0.717, 1.165) is 10.9 Å². The van der Waals surface area contributed by atoms with Crippen LogP contribution in [0, 0.1) is 10.1 Å². The number of fused-ring (bicyclic) bond motifs is 1. The van der Waals surface area contributed by atoms with Gasteiger partial charge in [0.15, 0.2) is 6.20 Å². The zero-order valence-electron chi connectivity index (χ0n) is 12.1. The highest BCUT2D eigenvalue weighted by molar-refractivity contribution is 5.95. The topological polar surface area (TPSA) is 64.1 Å². The summed E-state index contributed by atoms with van der Waals surface area (Å²) < 4.78 is 1.87. The molecular formula is C17H13BrN2O3. The van der Waals surface area contributed by atoms with E-state index in [0.29, 0.717) is 5.56 Å². The molecule has 23 heavy (non-hydrogen) atoms. The van der Waals surface area contributed by atoms with Crippen LogP contribution in [0.4, 0.5) is 5.69 Å². The predicted molar refractivity (Wildman–Crippen MR) is 81.6 cm³/mol. The van der Waals surface area contributed by atoms with Gasteiger partial charge in [0, 0.05) is 35.2 Å². The summed E-state index contributed by atoms with van der Waals surface area (Å²) in [6.07, 6.45) is 1.85. The summed E-state index contributed by atoms with van der Waals surface area (Å²) in [5, 5.41) is 11.7. The van der Waals surface area contributed by atoms with Crippen molar-refractivity contribution >= 4 is 22.4 Å². The van der Waals surface area contributed by atoms with E-state index in [4.69, 9.17) is 0 Å². The van der Waals surface area contributed by atoms with Crippen LogP contribution in [0.2, 0.25) is 0 Å². The number of benzene rings is 2. The van der Waals surface area contributed by atoms with Crippen LogP contribution < -0.4 is 21.5 Å². The molecule has 0 atom stereocenters. The van der Waals surface area contributed by atoms with E-state index in [1.807, 2.05) is 47.2 Å². The number of carbonyl (C=O) groups excluding carboxylic acids is 1. The molecule has 0 saturated carbocycles. The molecule has 6 heteroatoms. The molecule has 116 valence electrons. The molecule has 0 fully saturated rings. The third kappa shape index (κ3) is 3.60. The lowest BCUT2D eigenvalue weighted by atomic mass is 10.1. The number of nitro benzene ring substituents is 1. The number of ketones is 1. The van der Waals surface area contributed by atoms with Gasteiger partial charge in [-0.1, -0.05) is 12.1 Å². The summed E-state index contributed by atoms with van der Waals surface area (Å²) >= 11 is 0. The molecular weight excluding hydrogens is 360 g/mol. The van der Waals surface area contributed by atoms with Crippen LogP contribution in [-0.4, -0.2) is 10.7 Å². The number of para-hydroxylation sites is 1. The molecule has 3 rings (SSSR count). The quantitative estimate of drug-likeness (QED) is 0.278. The lowest BCUT2D eigenvalue weighted by Crippen LogP contribution is -3.00. The van der Waals surface area contributed by atoms with Crippen molar-refractivity contribution in [2.75, 3.05) is 0 Å². The molecule has 0 N–H and O–H groups in total. The van der Waals surface area contributed by atoms with Gasteiger partial charge < -0.3 is 17.0 Å². The first-order chi connectivity index (χ1) is 10.6. The Kier molecular flexibility index (Phi) is 5.18. The standard InChI is InChI=1S/C17H13N2O3.BrH/c20-17(14-7-9-15(10-8-14)19(21)22)12-18-11-3-5-13-4-1-2-6-16(13)18;/h1-11H,12H2;1H/q+1;/p-1. The van der Waals surface area contributed by atoms with Crippen LogP contribution in [0.3, 0.4) is 0 Å². The molecule has 0 bridgehead atoms. The van der Waals surface area contributed by atoms with Crippen molar-refractivity contribution in [3.63, 3.8) is 0 Å². The summed E-state index contributed by atoms with van der Waals surface area (Å²) in [6, 6.07) is 17.4. The summed E-state index contributed by atoms with van der Waals surface area (Å²) in [5.41, 5.74) is 1.42. The molecule has 1 aromatic heterocycles. The zero-order valence-corrected chi connectivity index (χ0v) is 13.6. The van der Waals surface area contributed by atoms with Gasteiger partial charge in [-0.25, -0.2) is 0 Å². The van der Waals surface area contributed by atoms with Crippen molar-refractivity contribution in [1.29, 1.82) is 0 Å². The van der Waals surface area contributed by atoms with E-state index in [9.17, 15) is 14.9 Å². The fourth-order valence-corrected chi connectivity index (χ4v) is 2.37. The number of rotatable bonds is 4. The summed E-state index contributed by atoms with van der Waals surface area (Å²) in [5.74, 6) is -0.0868. The minimum atomic E-state index is -0.478. The van der Waals surface area contributed by atoms with E-state index in [1.165, 1.54) is 24.3 Å². The normalized spacial score (nSPS) is 10.1. The van der Waals surface area contributed by atoms with Gasteiger partial charge in [-0.15, -0.1) is 0 Å². The van der Waals surface area contributed by atoms with Gasteiger partial charge in [0.05, 0.1) is 4.92 Å². The number of hydrogen-bond donors (Lipinski definition) is 0. The van der Waals surface area contributed by atoms with Gasteiger partial charge in [-0.2, -0.15) is 4.57 Å². The first kappa shape index (κ1) is 16.8. The van der Waals surface area contributed by atoms with Crippen LogP contribution in [-0.2, 0) is 6.54 Å². The number of Topliss-reactive ketones (excluding diaryl/α,β-unsaturated/α-hetero) is 1. The first-order valence-corrected chi connectivity index (χ1v) is 6.80. The molecule has 0 unspecified atom stereocenters. The molecule has 0 aliphatic rings. The minimum Gasteiger partial charge on any atom is -1.00 e. The zero-order chi connectivity index (χ0) is 15.5. The Balaban J connectivity index is 0.00000192. The van der Waals surface area contributed by atoms with E-state index in [1.54, 1.807) is 0 Å². The van der Waals surface area contributed by atoms with E-state index >= 15 is 0 Å². The van der Waals surface area contributed by atoms with E-state index in [-0.39, 0.29) is 35.0 Å². The van der Waals surface area contributed by atoms with Gasteiger partial charge in [0.2, 0.25) is 17.8 Å². The second kappa shape index (κ2) is 7.11. The summed E-state index contributed by atoms with van der Waals surface area (Å²) in [4.78, 5) is 22.5. The number of halogens is 1. The average molecular weight is 373 g/mol. The summed E-state index contributed by atoms with van der Waals surface area (Å²) in [7, 11) is 0. The van der Waals surface area contributed by atoms with Gasteiger partial charge in [-0.3, -0.25) is 14.9 Å². The van der Waals surface area contributed by atoms with Crippen molar-refractivity contribution < 1.29 is 31.3 Å². The molecule has 5 nitrogen and oxygen atoms in total. The van der Waals surface area contributed by atoms with Crippen LogP contribution >= 0.6 is 0 Å². The SMILES string of the molecule is O=C(C[n+]1cccc2ccccc21)c1ccc([N+](=O)[O-])cc1.[Br-]. The van der Waals surface area contributed by atoms with Crippen LogP contribution in [0.15, 0.2) is 66.9 Å². The lowest BCUT2D eigenvalue weighted by molar-refractivity contribution is -0.657. The van der Waals surface area contributed by atoms with E-state index < -0.39 is 4.92 Å². The Morgan fingerprint density at radius 1 is 1.00 bits per heavy atom. The molecule has 0 saturated heterocycles. The fraction of sp³-hybridized carbons (Fsp3) is 0.0588. The highest BCUT2D eigenvalue weighted by Gasteiger charge is 2.16. The number of aromatic nitrogens is 1. The Labute approximate surface area is 143 Å². The van der Waals surface area contributed by atoms with Crippen LogP contribution in [0.25, 0.3) is 10.9 Å². The van der Waals surface area contributed by atoms with Crippen molar-refractivity contribution in [3.8, 4) is 0 Å². The van der Waals surface area contributed by atoms with E-state index in [2.05, 4.69) is 0 Å². The van der Waals surface area contributed by atoms with Crippen molar-refractivity contribution in [2.45, 2.75) is 6.54 Å². The van der Waals surface area contributed by atoms with Gasteiger partial charge >= 0.3 is 0 Å². The molecule has 0 radical (unpaired) electrons. The molecule has 0 aliphatic carbocycles. The lowest BCUT2D eigenvalue weighted by Gasteiger charge is -2.01. The second-order valence-electron chi connectivity index (χ2n) is 4.92. The molecule has 3 aromatic rings. The maximum absolute atomic E-state index is 12.3. The monoisotopic (exact) mass is 372 g/mol. The predicted octanol–water partition coefficient (Wildman–Crippen LogP) is -0.0776. The smallest absolute Gasteiger partial charge is 0.269 e. The van der Waals surface area contributed by atoms with Crippen LogP contribution in [0.1, 0.15) is 10.4 Å². The highest BCUT2D eigenvalue weighted by atomic mass is 79.9. The number of carbonyl (C=O) groups is 1. The fourth-order valence-electron chi connectivity index (χ4n) is 2.37. The van der Waals surface area contributed by atoms with Crippen LogP contribution in [0.5, 0.6) is 0 Å². The molecule has 0 spiro atoms. The summed E-state index contributed by atoms with van der Waals surface area (Å²) in [6.45, 7) is 0.194. The van der Waals surface area contributed by atoms with Crippen molar-refractivity contribution in [2.24, 2.45) is 0 Å². The Morgan fingerprint density at radius 3 is 2.35 bits per heavy atom. The molecule has 0 aliphatic heterocycles. The number of non-ortho nitro benzene ring substituents is 1. The van der Waals surface area contributed by atoms with Gasteiger partial charge in [0.1, 0.15) is 0 Å². The number of nitrogens with zero attached hydrogens (tertiary/aromatic N) is 2. The highest BCUT2D eigenvalue weighted by Crippen LogP contribution is 2.13. The second-order valence-corrected chi connectivity index (χ2v) is 4.92. The largest absolute Gasteiger partial charge is 1.00 e. The first-order valence-electron chi connectivity index (χ1n) is 6.80. The maximum Gasteiger partial charge on any atom is 0.269 e. The maximum atomic E-state index is 12.3. The number of pyridine rings is 1. The Morgan fingerprint density at radius 2 is 1.65 bits per heavy atom. The van der Waals surface area contributed by atoms with Crippen molar-refractivity contribution in [1.82, 2.24) is 0 Å². The third-order valence-corrected chi connectivity index (χ3v) is 3.50. The molecule has 2 aromatic carbocycles. The number of nitro groups is 1. The minimum absolute atomic E-state index is 0. The van der Waals surface area contributed by atoms with Gasteiger partial charge in [-0.05, 0) is 24.3 Å². The molecule has 1 heterocycles. The Bertz CT molecular complexity index is 858.